The van der Waals surface area contributed by atoms with Crippen molar-refractivity contribution in [3.63, 3.8) is 0 Å². The fourth-order valence-electron chi connectivity index (χ4n) is 2.14. The average molecular weight is 217 g/mol. The summed E-state index contributed by atoms with van der Waals surface area (Å²) in [5.41, 5.74) is 2.93. The number of benzene rings is 1. The van der Waals surface area contributed by atoms with E-state index in [1.807, 2.05) is 0 Å². The lowest BCUT2D eigenvalue weighted by Gasteiger charge is -2.07. The molecule has 0 fully saturated rings. The van der Waals surface area contributed by atoms with E-state index < -0.39 is 0 Å². The molecule has 0 spiro atoms. The molecule has 0 aliphatic rings. The van der Waals surface area contributed by atoms with Crippen LogP contribution in [0.25, 0.3) is 0 Å². The van der Waals surface area contributed by atoms with Gasteiger partial charge in [0, 0.05) is 0 Å². The fourth-order valence-corrected chi connectivity index (χ4v) is 2.14. The van der Waals surface area contributed by atoms with Crippen LogP contribution in [0, 0.1) is 6.92 Å². The lowest BCUT2D eigenvalue weighted by Crippen LogP contribution is -1.92. The minimum absolute atomic E-state index is 0.923. The Morgan fingerprint density at radius 3 is 2.19 bits per heavy atom. The van der Waals surface area contributed by atoms with E-state index in [-0.39, 0.29) is 0 Å². The van der Waals surface area contributed by atoms with Gasteiger partial charge in [0.2, 0.25) is 0 Å². The van der Waals surface area contributed by atoms with Crippen LogP contribution in [0.5, 0.6) is 0 Å². The number of hydrogen-bond acceptors (Lipinski definition) is 0. The maximum absolute atomic E-state index is 3.99. The van der Waals surface area contributed by atoms with Gasteiger partial charge in [-0.25, -0.2) is 0 Å². The van der Waals surface area contributed by atoms with Gasteiger partial charge in [-0.15, -0.1) is 0 Å². The summed E-state index contributed by atoms with van der Waals surface area (Å²) in [6.07, 6.45) is 10.4. The molecule has 0 saturated heterocycles. The van der Waals surface area contributed by atoms with E-state index in [0.29, 0.717) is 0 Å². The largest absolute Gasteiger partial charge is 0.0654 e. The minimum atomic E-state index is 0.923. The molecule has 0 unspecified atom stereocenters. The molecule has 1 aromatic rings. The second-order valence-electron chi connectivity index (χ2n) is 4.54. The Hall–Kier alpha value is -0.780. The molecule has 0 aliphatic carbocycles. The third-order valence-electron chi connectivity index (χ3n) is 3.19. The van der Waals surface area contributed by atoms with E-state index in [1.165, 1.54) is 56.1 Å². The van der Waals surface area contributed by atoms with Gasteiger partial charge in [0.25, 0.3) is 0 Å². The van der Waals surface area contributed by atoms with E-state index in [4.69, 9.17) is 0 Å². The second-order valence-corrected chi connectivity index (χ2v) is 4.54. The van der Waals surface area contributed by atoms with E-state index in [2.05, 4.69) is 38.1 Å². The highest BCUT2D eigenvalue weighted by atomic mass is 14.0. The first-order valence-corrected chi connectivity index (χ1v) is 6.74. The molecule has 0 atom stereocenters. The second kappa shape index (κ2) is 8.38. The molecular formula is C16H25. The summed E-state index contributed by atoms with van der Waals surface area (Å²) in [4.78, 5) is 0. The van der Waals surface area contributed by atoms with Crippen LogP contribution >= 0.6 is 0 Å². The van der Waals surface area contributed by atoms with Crippen molar-refractivity contribution in [2.45, 2.75) is 58.3 Å². The molecule has 0 aliphatic heterocycles. The highest BCUT2D eigenvalue weighted by Gasteiger charge is 1.99. The maximum atomic E-state index is 3.99. The number of aryl methyl sites for hydroxylation is 1. The van der Waals surface area contributed by atoms with Crippen molar-refractivity contribution in [3.8, 4) is 0 Å². The van der Waals surface area contributed by atoms with Gasteiger partial charge in [-0.1, -0.05) is 63.3 Å². The normalized spacial score (nSPS) is 10.6. The highest BCUT2D eigenvalue weighted by Crippen LogP contribution is 2.14. The standard InChI is InChI=1S/C16H25/c1-3-5-6-7-8-9-13-16-14-11-10-12-15(16)4-2/h10-12,14H,2-9,13H2,1H3. The Labute approximate surface area is 101 Å². The van der Waals surface area contributed by atoms with E-state index in [0.717, 1.165) is 6.42 Å². The number of hydrogen-bond donors (Lipinski definition) is 0. The molecule has 0 bridgehead atoms. The van der Waals surface area contributed by atoms with Crippen molar-refractivity contribution in [2.75, 3.05) is 0 Å². The van der Waals surface area contributed by atoms with Crippen molar-refractivity contribution in [1.82, 2.24) is 0 Å². The summed E-state index contributed by atoms with van der Waals surface area (Å²) >= 11 is 0. The number of rotatable bonds is 8. The topological polar surface area (TPSA) is 0 Å². The first kappa shape index (κ1) is 13.3. The summed E-state index contributed by atoms with van der Waals surface area (Å²) in [7, 11) is 0. The molecule has 1 aromatic carbocycles. The molecule has 0 saturated carbocycles. The molecular weight excluding hydrogens is 192 g/mol. The molecule has 0 amide bonds. The SMILES string of the molecule is [CH2]Cc1ccccc1CCCCCCCC. The van der Waals surface area contributed by atoms with Crippen LogP contribution in [0.4, 0.5) is 0 Å². The summed E-state index contributed by atoms with van der Waals surface area (Å²) in [5, 5.41) is 0. The van der Waals surface area contributed by atoms with Crippen LogP contribution in [0.2, 0.25) is 0 Å². The lowest BCUT2D eigenvalue weighted by molar-refractivity contribution is 0.607. The van der Waals surface area contributed by atoms with Crippen LogP contribution in [0.1, 0.15) is 56.6 Å². The number of unbranched alkanes of at least 4 members (excludes halogenated alkanes) is 5. The quantitative estimate of drug-likeness (QED) is 0.539. The van der Waals surface area contributed by atoms with Crippen LogP contribution in [-0.2, 0) is 12.8 Å². The molecule has 89 valence electrons. The third-order valence-corrected chi connectivity index (χ3v) is 3.19. The van der Waals surface area contributed by atoms with Crippen molar-refractivity contribution in [3.05, 3.63) is 42.3 Å². The van der Waals surface area contributed by atoms with Crippen molar-refractivity contribution >= 4 is 0 Å². The zero-order valence-electron chi connectivity index (χ0n) is 10.7. The molecule has 0 N–H and O–H groups in total. The Kier molecular flexibility index (Phi) is 6.96. The first-order chi connectivity index (χ1) is 7.88. The molecule has 1 rings (SSSR count). The molecule has 0 heterocycles. The van der Waals surface area contributed by atoms with Gasteiger partial charge in [0.15, 0.2) is 0 Å². The van der Waals surface area contributed by atoms with Gasteiger partial charge in [0.1, 0.15) is 0 Å². The molecule has 16 heavy (non-hydrogen) atoms. The monoisotopic (exact) mass is 217 g/mol. The van der Waals surface area contributed by atoms with Gasteiger partial charge in [-0.05, 0) is 37.3 Å². The van der Waals surface area contributed by atoms with Gasteiger partial charge >= 0.3 is 0 Å². The molecule has 0 nitrogen and oxygen atoms in total. The van der Waals surface area contributed by atoms with Crippen molar-refractivity contribution in [1.29, 1.82) is 0 Å². The fraction of sp³-hybridized carbons (Fsp3) is 0.562. The summed E-state index contributed by atoms with van der Waals surface area (Å²) in [5.74, 6) is 0. The van der Waals surface area contributed by atoms with Crippen molar-refractivity contribution < 1.29 is 0 Å². The predicted molar refractivity (Wildman–Crippen MR) is 72.6 cm³/mol. The van der Waals surface area contributed by atoms with Crippen LogP contribution < -0.4 is 0 Å². The van der Waals surface area contributed by atoms with Gasteiger partial charge in [-0.2, -0.15) is 0 Å². The molecule has 1 radical (unpaired) electrons. The summed E-state index contributed by atoms with van der Waals surface area (Å²) in [6, 6.07) is 8.73. The summed E-state index contributed by atoms with van der Waals surface area (Å²) < 4.78 is 0. The highest BCUT2D eigenvalue weighted by molar-refractivity contribution is 5.27. The van der Waals surface area contributed by atoms with E-state index in [1.54, 1.807) is 0 Å². The lowest BCUT2D eigenvalue weighted by atomic mass is 9.99. The van der Waals surface area contributed by atoms with Crippen molar-refractivity contribution in [2.24, 2.45) is 0 Å². The van der Waals surface area contributed by atoms with E-state index >= 15 is 0 Å². The summed E-state index contributed by atoms with van der Waals surface area (Å²) in [6.45, 7) is 6.25. The predicted octanol–water partition coefficient (Wildman–Crippen LogP) is 4.97. The third kappa shape index (κ3) is 4.83. The Morgan fingerprint density at radius 1 is 0.875 bits per heavy atom. The van der Waals surface area contributed by atoms with E-state index in [9.17, 15) is 0 Å². The zero-order chi connectivity index (χ0) is 11.6. The first-order valence-electron chi connectivity index (χ1n) is 6.74. The molecule has 0 heteroatoms. The minimum Gasteiger partial charge on any atom is -0.0654 e. The Bertz CT molecular complexity index is 275. The zero-order valence-corrected chi connectivity index (χ0v) is 10.7. The van der Waals surface area contributed by atoms with Gasteiger partial charge in [-0.3, -0.25) is 0 Å². The Balaban J connectivity index is 2.21. The van der Waals surface area contributed by atoms with Gasteiger partial charge < -0.3 is 0 Å². The molecule has 0 aromatic heterocycles. The van der Waals surface area contributed by atoms with Crippen LogP contribution in [0.3, 0.4) is 0 Å². The van der Waals surface area contributed by atoms with Crippen LogP contribution in [-0.4, -0.2) is 0 Å². The smallest absolute Gasteiger partial charge is 0.0276 e. The van der Waals surface area contributed by atoms with Gasteiger partial charge in [0.05, 0.1) is 0 Å². The average Bonchev–Trinajstić information content (AvgIpc) is 2.34. The Morgan fingerprint density at radius 2 is 1.50 bits per heavy atom. The van der Waals surface area contributed by atoms with Crippen LogP contribution in [0.15, 0.2) is 24.3 Å². The maximum Gasteiger partial charge on any atom is -0.0276 e.